The zero-order valence-corrected chi connectivity index (χ0v) is 28.3. The van der Waals surface area contributed by atoms with E-state index in [2.05, 4.69) is 66.0 Å². The molecule has 13 heteroatoms. The number of hydrogen-bond donors (Lipinski definition) is 2. The second kappa shape index (κ2) is 13.8. The molecule has 2 saturated heterocycles. The number of sulfone groups is 1. The van der Waals surface area contributed by atoms with Crippen LogP contribution in [0.15, 0.2) is 60.4 Å². The average Bonchev–Trinajstić information content (AvgIpc) is 3.08. The van der Waals surface area contributed by atoms with Crippen molar-refractivity contribution in [2.75, 3.05) is 69.0 Å². The van der Waals surface area contributed by atoms with Crippen molar-refractivity contribution in [1.29, 1.82) is 0 Å². The van der Waals surface area contributed by atoms with Gasteiger partial charge in [0.25, 0.3) is 0 Å². The molecule has 0 radical (unpaired) electrons. The molecule has 0 amide bonds. The van der Waals surface area contributed by atoms with E-state index in [1.165, 1.54) is 12.4 Å². The second-order valence-electron chi connectivity index (χ2n) is 12.4. The van der Waals surface area contributed by atoms with E-state index in [0.717, 1.165) is 57.8 Å². The highest BCUT2D eigenvalue weighted by Gasteiger charge is 2.29. The van der Waals surface area contributed by atoms with Crippen LogP contribution in [0.2, 0.25) is 0 Å². The van der Waals surface area contributed by atoms with Gasteiger partial charge in [-0.2, -0.15) is 4.98 Å². The summed E-state index contributed by atoms with van der Waals surface area (Å²) in [5.74, 6) is 1.37. The van der Waals surface area contributed by atoms with E-state index in [9.17, 15) is 8.42 Å². The fourth-order valence-corrected chi connectivity index (χ4v) is 7.56. The minimum absolute atomic E-state index is 0.0751. The number of anilines is 5. The molecule has 6 rings (SSSR count). The van der Waals surface area contributed by atoms with E-state index >= 15 is 0 Å². The lowest BCUT2D eigenvalue weighted by Gasteiger charge is -2.42. The lowest BCUT2D eigenvalue weighted by molar-refractivity contribution is 0.0982. The number of fused-ring (bicyclic) bond motifs is 1. The van der Waals surface area contributed by atoms with Crippen molar-refractivity contribution < 1.29 is 13.2 Å². The fourth-order valence-electron chi connectivity index (χ4n) is 6.24. The Morgan fingerprint density at radius 3 is 2.38 bits per heavy atom. The standard InChI is InChI=1S/C34H43N9O3S/c1-6-24-22-37-34(40-33(24)38-29-10-9-28-31(36-14-13-35-28)32(29)47(44,45)23(2)3)39-27-8-7-26(21-30(27)46-5)42-15-11-25(12-16-42)43-19-17-41(4)18-20-43/h6-10,13-14,21-23,25H,1,11-12,15-20H2,2-5H3,(H2,37,38,39,40). The number of hydrogen-bond acceptors (Lipinski definition) is 12. The first kappa shape index (κ1) is 32.6. The molecular formula is C34H43N9O3S. The van der Waals surface area contributed by atoms with Gasteiger partial charge in [-0.1, -0.05) is 12.7 Å². The van der Waals surface area contributed by atoms with Crippen LogP contribution in [-0.2, 0) is 9.84 Å². The Morgan fingerprint density at radius 2 is 1.68 bits per heavy atom. The van der Waals surface area contributed by atoms with E-state index in [-0.39, 0.29) is 4.90 Å². The van der Waals surface area contributed by atoms with Crippen LogP contribution in [0.4, 0.5) is 28.8 Å². The van der Waals surface area contributed by atoms with Gasteiger partial charge in [-0.05, 0) is 58.0 Å². The Bertz CT molecular complexity index is 1850. The third-order valence-corrected chi connectivity index (χ3v) is 11.3. The van der Waals surface area contributed by atoms with Crippen molar-refractivity contribution in [3.8, 4) is 5.75 Å². The number of piperidine rings is 1. The van der Waals surface area contributed by atoms with Gasteiger partial charge in [0.15, 0.2) is 9.84 Å². The van der Waals surface area contributed by atoms with Crippen LogP contribution in [0.25, 0.3) is 17.1 Å². The van der Waals surface area contributed by atoms with Gasteiger partial charge < -0.3 is 25.2 Å². The summed E-state index contributed by atoms with van der Waals surface area (Å²) in [6.45, 7) is 13.8. The summed E-state index contributed by atoms with van der Waals surface area (Å²) < 4.78 is 32.9. The number of ether oxygens (including phenoxy) is 1. The van der Waals surface area contributed by atoms with Gasteiger partial charge in [-0.25, -0.2) is 13.4 Å². The van der Waals surface area contributed by atoms with Crippen molar-refractivity contribution in [3.63, 3.8) is 0 Å². The summed E-state index contributed by atoms with van der Waals surface area (Å²) >= 11 is 0. The van der Waals surface area contributed by atoms with Gasteiger partial charge in [0.1, 0.15) is 22.0 Å². The molecule has 2 fully saturated rings. The number of rotatable bonds is 10. The number of aromatic nitrogens is 4. The quantitative estimate of drug-likeness (QED) is 0.239. The SMILES string of the molecule is C=Cc1cnc(Nc2ccc(N3CCC(N4CCN(C)CC4)CC3)cc2OC)nc1Nc1ccc2nccnc2c1S(=O)(=O)C(C)C. The predicted molar refractivity (Wildman–Crippen MR) is 188 cm³/mol. The molecule has 2 aliphatic rings. The summed E-state index contributed by atoms with van der Waals surface area (Å²) in [4.78, 5) is 25.4. The molecular weight excluding hydrogens is 615 g/mol. The Labute approximate surface area is 276 Å². The maximum absolute atomic E-state index is 13.5. The van der Waals surface area contributed by atoms with Gasteiger partial charge >= 0.3 is 0 Å². The van der Waals surface area contributed by atoms with Crippen molar-refractivity contribution in [1.82, 2.24) is 29.7 Å². The Balaban J connectivity index is 1.22. The highest BCUT2D eigenvalue weighted by Crippen LogP contribution is 2.36. The third kappa shape index (κ3) is 6.87. The molecule has 4 aromatic rings. The van der Waals surface area contributed by atoms with Crippen LogP contribution in [-0.4, -0.2) is 103 Å². The highest BCUT2D eigenvalue weighted by atomic mass is 32.2. The van der Waals surface area contributed by atoms with E-state index in [1.807, 2.05) is 6.07 Å². The zero-order valence-electron chi connectivity index (χ0n) is 27.5. The molecule has 47 heavy (non-hydrogen) atoms. The molecule has 248 valence electrons. The summed E-state index contributed by atoms with van der Waals surface area (Å²) in [7, 11) is 0.109. The Kier molecular flexibility index (Phi) is 9.57. The summed E-state index contributed by atoms with van der Waals surface area (Å²) in [6, 6.07) is 10.2. The molecule has 0 unspecified atom stereocenters. The van der Waals surface area contributed by atoms with E-state index in [4.69, 9.17) is 9.72 Å². The fraction of sp³-hybridized carbons (Fsp3) is 0.412. The first-order valence-electron chi connectivity index (χ1n) is 16.0. The van der Waals surface area contributed by atoms with Gasteiger partial charge in [-0.15, -0.1) is 0 Å². The molecule has 0 bridgehead atoms. The minimum Gasteiger partial charge on any atom is -0.494 e. The molecule has 2 aliphatic heterocycles. The number of benzene rings is 2. The van der Waals surface area contributed by atoms with Crippen LogP contribution < -0.4 is 20.3 Å². The van der Waals surface area contributed by atoms with Crippen molar-refractivity contribution in [2.45, 2.75) is 42.9 Å². The smallest absolute Gasteiger partial charge is 0.229 e. The van der Waals surface area contributed by atoms with E-state index < -0.39 is 15.1 Å². The van der Waals surface area contributed by atoms with Crippen LogP contribution >= 0.6 is 0 Å². The van der Waals surface area contributed by atoms with Gasteiger partial charge in [0.2, 0.25) is 5.95 Å². The molecule has 0 spiro atoms. The normalized spacial score (nSPS) is 16.8. The first-order valence-corrected chi connectivity index (χ1v) is 17.6. The van der Waals surface area contributed by atoms with Gasteiger partial charge in [0, 0.05) is 81.2 Å². The van der Waals surface area contributed by atoms with Crippen molar-refractivity contribution in [3.05, 3.63) is 61.1 Å². The number of likely N-dealkylation sites (N-methyl/N-ethyl adjacent to an activating group) is 1. The van der Waals surface area contributed by atoms with Crippen LogP contribution in [0.5, 0.6) is 5.75 Å². The Morgan fingerprint density at radius 1 is 0.957 bits per heavy atom. The lowest BCUT2D eigenvalue weighted by Crippen LogP contribution is -2.52. The summed E-state index contributed by atoms with van der Waals surface area (Å²) in [5, 5.41) is 5.84. The molecule has 0 saturated carbocycles. The number of piperazine rings is 1. The van der Waals surface area contributed by atoms with Gasteiger partial charge in [-0.3, -0.25) is 14.9 Å². The highest BCUT2D eigenvalue weighted by molar-refractivity contribution is 7.92. The van der Waals surface area contributed by atoms with Crippen LogP contribution in [0.3, 0.4) is 0 Å². The molecule has 2 aromatic carbocycles. The molecule has 0 atom stereocenters. The predicted octanol–water partition coefficient (Wildman–Crippen LogP) is 4.96. The first-order chi connectivity index (χ1) is 22.7. The average molecular weight is 658 g/mol. The molecule has 12 nitrogen and oxygen atoms in total. The van der Waals surface area contributed by atoms with E-state index in [1.54, 1.807) is 45.4 Å². The maximum atomic E-state index is 13.5. The number of methoxy groups -OCH3 is 1. The van der Waals surface area contributed by atoms with E-state index in [0.29, 0.717) is 51.5 Å². The summed E-state index contributed by atoms with van der Waals surface area (Å²) in [5.41, 5.74) is 3.56. The summed E-state index contributed by atoms with van der Waals surface area (Å²) in [6.07, 6.45) is 8.57. The number of nitrogens with one attached hydrogen (secondary N) is 2. The van der Waals surface area contributed by atoms with Crippen LogP contribution in [0, 0.1) is 0 Å². The Hall–Kier alpha value is -4.33. The molecule has 2 N–H and O–H groups in total. The minimum atomic E-state index is -3.74. The molecule has 0 aliphatic carbocycles. The van der Waals surface area contributed by atoms with Gasteiger partial charge in [0.05, 0.1) is 29.3 Å². The van der Waals surface area contributed by atoms with Crippen LogP contribution in [0.1, 0.15) is 32.3 Å². The topological polar surface area (TPSA) is 129 Å². The number of nitrogens with zero attached hydrogens (tertiary/aromatic N) is 7. The third-order valence-electron chi connectivity index (χ3n) is 9.10. The van der Waals surface area contributed by atoms with Crippen molar-refractivity contribution in [2.24, 2.45) is 0 Å². The van der Waals surface area contributed by atoms with Crippen molar-refractivity contribution >= 4 is 55.8 Å². The molecule has 4 heterocycles. The lowest BCUT2D eigenvalue weighted by atomic mass is 10.0. The zero-order chi connectivity index (χ0) is 33.1. The second-order valence-corrected chi connectivity index (χ2v) is 14.8. The molecule has 2 aromatic heterocycles. The largest absolute Gasteiger partial charge is 0.494 e. The maximum Gasteiger partial charge on any atom is 0.229 e. The monoisotopic (exact) mass is 657 g/mol.